The van der Waals surface area contributed by atoms with Gasteiger partial charge in [-0.05, 0) is 43.7 Å². The van der Waals surface area contributed by atoms with E-state index >= 15 is 0 Å². The predicted molar refractivity (Wildman–Crippen MR) is 101 cm³/mol. The summed E-state index contributed by atoms with van der Waals surface area (Å²) < 4.78 is 0. The third kappa shape index (κ3) is 4.66. The molecule has 25 heavy (non-hydrogen) atoms. The number of unbranched alkanes of at least 4 members (excludes halogenated alkanes) is 2. The number of carboxylic acid groups (broad SMARTS) is 1. The van der Waals surface area contributed by atoms with Crippen molar-refractivity contribution in [2.45, 2.75) is 64.2 Å². The van der Waals surface area contributed by atoms with Gasteiger partial charge in [0.2, 0.25) is 0 Å². The predicted octanol–water partition coefficient (Wildman–Crippen LogP) is 5.76. The summed E-state index contributed by atoms with van der Waals surface area (Å²) in [6.45, 7) is 2.26. The monoisotopic (exact) mass is 358 g/mol. The van der Waals surface area contributed by atoms with Gasteiger partial charge >= 0.3 is 5.97 Å². The Morgan fingerprint density at radius 3 is 2.48 bits per heavy atom. The Balaban J connectivity index is 1.58. The molecular formula is C20H26N2O2S. The Bertz CT molecular complexity index is 688. The third-order valence-electron chi connectivity index (χ3n) is 5.23. The molecule has 0 unspecified atom stereocenters. The molecule has 0 radical (unpaired) electrons. The number of hydrogen-bond acceptors (Lipinski definition) is 4. The van der Waals surface area contributed by atoms with E-state index in [1.54, 1.807) is 23.5 Å². The minimum absolute atomic E-state index is 0.301. The van der Waals surface area contributed by atoms with E-state index in [-0.39, 0.29) is 0 Å². The summed E-state index contributed by atoms with van der Waals surface area (Å²) >= 11 is 1.66. The standard InChI is InChI=1S/C20H26N2O2S/c1-2-3-4-5-14-6-8-15(9-7-14)18-21-22-19(25-18)16-10-12-17(13-11-16)20(23)24/h10-15H,2-9H2,1H3,(H,23,24). The maximum Gasteiger partial charge on any atom is 0.335 e. The summed E-state index contributed by atoms with van der Waals surface area (Å²) in [7, 11) is 0. The molecule has 0 atom stereocenters. The van der Waals surface area contributed by atoms with Gasteiger partial charge in [0, 0.05) is 11.5 Å². The van der Waals surface area contributed by atoms with Gasteiger partial charge in [-0.3, -0.25) is 0 Å². The van der Waals surface area contributed by atoms with E-state index in [2.05, 4.69) is 17.1 Å². The summed E-state index contributed by atoms with van der Waals surface area (Å²) in [6, 6.07) is 6.89. The molecule has 1 saturated carbocycles. The van der Waals surface area contributed by atoms with Crippen LogP contribution in [-0.2, 0) is 0 Å². The van der Waals surface area contributed by atoms with E-state index in [1.165, 1.54) is 51.4 Å². The maximum atomic E-state index is 10.9. The van der Waals surface area contributed by atoms with E-state index in [9.17, 15) is 4.79 Å². The average Bonchev–Trinajstić information content (AvgIpc) is 3.13. The summed E-state index contributed by atoms with van der Waals surface area (Å²) in [6.07, 6.45) is 10.5. The quantitative estimate of drug-likeness (QED) is 0.639. The second-order valence-corrected chi connectivity index (χ2v) is 8.05. The zero-order chi connectivity index (χ0) is 17.6. The van der Waals surface area contributed by atoms with Crippen molar-refractivity contribution in [1.82, 2.24) is 10.2 Å². The van der Waals surface area contributed by atoms with E-state index in [1.807, 2.05) is 12.1 Å². The molecule has 134 valence electrons. The minimum Gasteiger partial charge on any atom is -0.478 e. The van der Waals surface area contributed by atoms with Crippen LogP contribution in [-0.4, -0.2) is 21.3 Å². The van der Waals surface area contributed by atoms with Crippen LogP contribution in [0.4, 0.5) is 0 Å². The minimum atomic E-state index is -0.903. The molecule has 0 saturated heterocycles. The van der Waals surface area contributed by atoms with Crippen LogP contribution >= 0.6 is 11.3 Å². The first-order chi connectivity index (χ1) is 12.2. The first-order valence-corrected chi connectivity index (χ1v) is 10.2. The van der Waals surface area contributed by atoms with Crippen molar-refractivity contribution in [3.8, 4) is 10.6 Å². The molecular weight excluding hydrogens is 332 g/mol. The Labute approximate surface area is 153 Å². The lowest BCUT2D eigenvalue weighted by Crippen LogP contribution is -2.13. The molecule has 1 fully saturated rings. The smallest absolute Gasteiger partial charge is 0.335 e. The maximum absolute atomic E-state index is 10.9. The lowest BCUT2D eigenvalue weighted by molar-refractivity contribution is 0.0697. The number of carbonyl (C=O) groups is 1. The molecule has 3 rings (SSSR count). The molecule has 1 aromatic heterocycles. The van der Waals surface area contributed by atoms with Crippen molar-refractivity contribution >= 4 is 17.3 Å². The molecule has 1 heterocycles. The molecule has 0 bridgehead atoms. The van der Waals surface area contributed by atoms with Gasteiger partial charge in [-0.2, -0.15) is 0 Å². The number of nitrogens with zero attached hydrogens (tertiary/aromatic N) is 2. The van der Waals surface area contributed by atoms with Gasteiger partial charge in [0.1, 0.15) is 10.0 Å². The Morgan fingerprint density at radius 1 is 1.12 bits per heavy atom. The number of rotatable bonds is 7. The zero-order valence-corrected chi connectivity index (χ0v) is 15.6. The Hall–Kier alpha value is -1.75. The van der Waals surface area contributed by atoms with Gasteiger partial charge in [-0.1, -0.05) is 56.1 Å². The van der Waals surface area contributed by atoms with E-state index in [4.69, 9.17) is 5.11 Å². The largest absolute Gasteiger partial charge is 0.478 e. The lowest BCUT2D eigenvalue weighted by Gasteiger charge is -2.27. The highest BCUT2D eigenvalue weighted by molar-refractivity contribution is 7.14. The van der Waals surface area contributed by atoms with Crippen molar-refractivity contribution in [2.75, 3.05) is 0 Å². The van der Waals surface area contributed by atoms with Crippen LogP contribution in [0.2, 0.25) is 0 Å². The lowest BCUT2D eigenvalue weighted by atomic mass is 9.80. The topological polar surface area (TPSA) is 63.1 Å². The van der Waals surface area contributed by atoms with Crippen molar-refractivity contribution in [3.05, 3.63) is 34.8 Å². The van der Waals surface area contributed by atoms with Gasteiger partial charge in [0.05, 0.1) is 5.56 Å². The molecule has 1 aromatic carbocycles. The van der Waals surface area contributed by atoms with E-state index in [0.29, 0.717) is 11.5 Å². The molecule has 4 nitrogen and oxygen atoms in total. The van der Waals surface area contributed by atoms with Gasteiger partial charge < -0.3 is 5.11 Å². The van der Waals surface area contributed by atoms with Crippen LogP contribution in [0.25, 0.3) is 10.6 Å². The molecule has 2 aromatic rings. The van der Waals surface area contributed by atoms with Gasteiger partial charge in [-0.15, -0.1) is 10.2 Å². The SMILES string of the molecule is CCCCCC1CCC(c2nnc(-c3ccc(C(=O)O)cc3)s2)CC1. The first kappa shape index (κ1) is 18.1. The molecule has 1 N–H and O–H groups in total. The third-order valence-corrected chi connectivity index (χ3v) is 6.37. The fourth-order valence-corrected chi connectivity index (χ4v) is 4.67. The van der Waals surface area contributed by atoms with Gasteiger partial charge in [0.25, 0.3) is 0 Å². The van der Waals surface area contributed by atoms with Crippen LogP contribution in [0.15, 0.2) is 24.3 Å². The molecule has 1 aliphatic rings. The Kier molecular flexibility index (Phi) is 6.19. The fourth-order valence-electron chi connectivity index (χ4n) is 3.65. The van der Waals surface area contributed by atoms with Crippen LogP contribution in [0.3, 0.4) is 0 Å². The number of benzene rings is 1. The van der Waals surface area contributed by atoms with E-state index in [0.717, 1.165) is 21.5 Å². The van der Waals surface area contributed by atoms with Crippen LogP contribution < -0.4 is 0 Å². The summed E-state index contributed by atoms with van der Waals surface area (Å²) in [5, 5.41) is 19.8. The summed E-state index contributed by atoms with van der Waals surface area (Å²) in [5.41, 5.74) is 1.25. The summed E-state index contributed by atoms with van der Waals surface area (Å²) in [5.74, 6) is 0.547. The van der Waals surface area contributed by atoms with Crippen LogP contribution in [0, 0.1) is 5.92 Å². The number of aromatic nitrogens is 2. The zero-order valence-electron chi connectivity index (χ0n) is 14.8. The number of aromatic carboxylic acids is 1. The van der Waals surface area contributed by atoms with Gasteiger partial charge in [-0.25, -0.2) is 4.79 Å². The highest BCUT2D eigenvalue weighted by Crippen LogP contribution is 2.39. The normalized spacial score (nSPS) is 20.5. The average molecular weight is 359 g/mol. The number of carboxylic acids is 1. The highest BCUT2D eigenvalue weighted by Gasteiger charge is 2.25. The molecule has 0 aliphatic heterocycles. The van der Waals surface area contributed by atoms with Crippen molar-refractivity contribution in [1.29, 1.82) is 0 Å². The molecule has 0 spiro atoms. The number of hydrogen-bond donors (Lipinski definition) is 1. The highest BCUT2D eigenvalue weighted by atomic mass is 32.1. The van der Waals surface area contributed by atoms with Crippen molar-refractivity contribution in [3.63, 3.8) is 0 Å². The first-order valence-electron chi connectivity index (χ1n) is 9.34. The second-order valence-electron chi connectivity index (χ2n) is 7.04. The summed E-state index contributed by atoms with van der Waals surface area (Å²) in [4.78, 5) is 10.9. The van der Waals surface area contributed by atoms with Crippen molar-refractivity contribution in [2.24, 2.45) is 5.92 Å². The second kappa shape index (κ2) is 8.56. The Morgan fingerprint density at radius 2 is 1.84 bits per heavy atom. The van der Waals surface area contributed by atoms with Gasteiger partial charge in [0.15, 0.2) is 0 Å². The van der Waals surface area contributed by atoms with E-state index < -0.39 is 5.97 Å². The fraction of sp³-hybridized carbons (Fsp3) is 0.550. The van der Waals surface area contributed by atoms with Crippen LogP contribution in [0.5, 0.6) is 0 Å². The molecule has 1 aliphatic carbocycles. The van der Waals surface area contributed by atoms with Crippen LogP contribution in [0.1, 0.15) is 79.6 Å². The molecule has 0 amide bonds. The van der Waals surface area contributed by atoms with Crippen molar-refractivity contribution < 1.29 is 9.90 Å². The molecule has 5 heteroatoms.